The maximum absolute atomic E-state index is 13.6. The number of sulfonamides is 1. The maximum Gasteiger partial charge on any atom is 0.321 e. The van der Waals surface area contributed by atoms with E-state index in [1.807, 2.05) is 0 Å². The van der Waals surface area contributed by atoms with Crippen molar-refractivity contribution in [1.82, 2.24) is 4.31 Å². The van der Waals surface area contributed by atoms with Gasteiger partial charge in [-0.1, -0.05) is 30.1 Å². The van der Waals surface area contributed by atoms with Crippen molar-refractivity contribution >= 4 is 39.2 Å². The van der Waals surface area contributed by atoms with Gasteiger partial charge in [-0.25, -0.2) is 12.8 Å². The number of likely N-dealkylation sites (N-methyl/N-ethyl adjacent to an activating group) is 1. The van der Waals surface area contributed by atoms with Crippen LogP contribution in [0.25, 0.3) is 0 Å². The summed E-state index contributed by atoms with van der Waals surface area (Å²) in [5.74, 6) is -2.37. The lowest BCUT2D eigenvalue weighted by Gasteiger charge is -2.23. The van der Waals surface area contributed by atoms with Crippen molar-refractivity contribution in [3.63, 3.8) is 0 Å². The van der Waals surface area contributed by atoms with Gasteiger partial charge < -0.3 is 5.11 Å². The maximum atomic E-state index is 13.6. The summed E-state index contributed by atoms with van der Waals surface area (Å²) >= 11 is 11.1. The van der Waals surface area contributed by atoms with Crippen LogP contribution in [0, 0.1) is 5.82 Å². The molecule has 0 bridgehead atoms. The van der Waals surface area contributed by atoms with Crippen molar-refractivity contribution < 1.29 is 22.7 Å². The standard InChI is InChI=1S/C11H12Cl2FNO4S/c1-3-7(11(16)17)15(2)20(18,19)8-5-4-6(12)10(14)9(8)13/h4-5,7H,3H2,1-2H3,(H,16,17). The van der Waals surface area contributed by atoms with E-state index in [-0.39, 0.29) is 11.4 Å². The van der Waals surface area contributed by atoms with Crippen molar-refractivity contribution in [1.29, 1.82) is 0 Å². The molecular weight excluding hydrogens is 332 g/mol. The molecule has 0 radical (unpaired) electrons. The number of carboxylic acids is 1. The van der Waals surface area contributed by atoms with Gasteiger partial charge in [0.15, 0.2) is 5.82 Å². The highest BCUT2D eigenvalue weighted by Gasteiger charge is 2.33. The first-order valence-corrected chi connectivity index (χ1v) is 7.68. The second kappa shape index (κ2) is 6.26. The summed E-state index contributed by atoms with van der Waals surface area (Å²) < 4.78 is 38.8. The highest BCUT2D eigenvalue weighted by atomic mass is 35.5. The quantitative estimate of drug-likeness (QED) is 0.834. The molecule has 20 heavy (non-hydrogen) atoms. The number of benzene rings is 1. The lowest BCUT2D eigenvalue weighted by molar-refractivity contribution is -0.141. The lowest BCUT2D eigenvalue weighted by atomic mass is 10.2. The largest absolute Gasteiger partial charge is 0.480 e. The smallest absolute Gasteiger partial charge is 0.321 e. The molecule has 5 nitrogen and oxygen atoms in total. The fourth-order valence-corrected chi connectivity index (χ4v) is 3.72. The van der Waals surface area contributed by atoms with Crippen molar-refractivity contribution in [3.05, 3.63) is 28.0 Å². The Morgan fingerprint density at radius 2 is 2.00 bits per heavy atom. The lowest BCUT2D eigenvalue weighted by Crippen LogP contribution is -2.42. The minimum atomic E-state index is -4.24. The Labute approximate surface area is 126 Å². The Balaban J connectivity index is 3.37. The van der Waals surface area contributed by atoms with Crippen LogP contribution in [-0.4, -0.2) is 36.9 Å². The SMILES string of the molecule is CCC(C(=O)O)N(C)S(=O)(=O)c1ccc(Cl)c(F)c1Cl. The Morgan fingerprint density at radius 3 is 2.45 bits per heavy atom. The fourth-order valence-electron chi connectivity index (χ4n) is 1.62. The van der Waals surface area contributed by atoms with Crippen molar-refractivity contribution in [2.45, 2.75) is 24.3 Å². The number of rotatable bonds is 5. The molecule has 0 heterocycles. The first-order valence-electron chi connectivity index (χ1n) is 5.48. The summed E-state index contributed by atoms with van der Waals surface area (Å²) in [4.78, 5) is 10.5. The second-order valence-corrected chi connectivity index (χ2v) is 6.71. The third-order valence-electron chi connectivity index (χ3n) is 2.77. The van der Waals surface area contributed by atoms with Gasteiger partial charge in [0.2, 0.25) is 10.0 Å². The summed E-state index contributed by atoms with van der Waals surface area (Å²) in [7, 11) is -3.15. The molecule has 0 saturated carbocycles. The third kappa shape index (κ3) is 3.06. The van der Waals surface area contributed by atoms with Crippen LogP contribution in [-0.2, 0) is 14.8 Å². The van der Waals surface area contributed by atoms with Gasteiger partial charge in [-0.15, -0.1) is 0 Å². The zero-order valence-electron chi connectivity index (χ0n) is 10.6. The van der Waals surface area contributed by atoms with Crippen LogP contribution >= 0.6 is 23.2 Å². The molecule has 1 atom stereocenters. The molecule has 0 aliphatic rings. The van der Waals surface area contributed by atoms with Crippen LogP contribution in [0.15, 0.2) is 17.0 Å². The van der Waals surface area contributed by atoms with Crippen LogP contribution < -0.4 is 0 Å². The van der Waals surface area contributed by atoms with Crippen LogP contribution in [0.2, 0.25) is 10.0 Å². The van der Waals surface area contributed by atoms with Crippen molar-refractivity contribution in [2.75, 3.05) is 7.05 Å². The molecule has 0 spiro atoms. The van der Waals surface area contributed by atoms with E-state index in [0.29, 0.717) is 4.31 Å². The molecule has 0 amide bonds. The molecule has 1 aromatic rings. The van der Waals surface area contributed by atoms with E-state index >= 15 is 0 Å². The molecule has 1 aromatic carbocycles. The van der Waals surface area contributed by atoms with Gasteiger partial charge in [0.25, 0.3) is 0 Å². The van der Waals surface area contributed by atoms with Gasteiger partial charge >= 0.3 is 5.97 Å². The van der Waals surface area contributed by atoms with E-state index in [1.54, 1.807) is 0 Å². The monoisotopic (exact) mass is 343 g/mol. The Hall–Kier alpha value is -0.890. The summed E-state index contributed by atoms with van der Waals surface area (Å²) in [6.07, 6.45) is 0.0543. The van der Waals surface area contributed by atoms with Crippen LogP contribution in [0.1, 0.15) is 13.3 Å². The average Bonchev–Trinajstić information content (AvgIpc) is 2.36. The topological polar surface area (TPSA) is 74.7 Å². The Kier molecular flexibility index (Phi) is 5.37. The molecule has 0 saturated heterocycles. The van der Waals surface area contributed by atoms with Gasteiger partial charge in [-0.05, 0) is 18.6 Å². The number of nitrogens with zero attached hydrogens (tertiary/aromatic N) is 1. The molecule has 0 aliphatic heterocycles. The molecule has 0 fully saturated rings. The minimum absolute atomic E-state index is 0.0543. The summed E-state index contributed by atoms with van der Waals surface area (Å²) in [6, 6.07) is 0.814. The van der Waals surface area contributed by atoms with Crippen LogP contribution in [0.4, 0.5) is 4.39 Å². The second-order valence-electron chi connectivity index (χ2n) is 3.96. The van der Waals surface area contributed by atoms with Gasteiger partial charge in [0.05, 0.1) is 10.0 Å². The van der Waals surface area contributed by atoms with E-state index in [0.717, 1.165) is 19.2 Å². The summed E-state index contributed by atoms with van der Waals surface area (Å²) in [5, 5.41) is 8.01. The predicted molar refractivity (Wildman–Crippen MR) is 73.1 cm³/mol. The highest BCUT2D eigenvalue weighted by Crippen LogP contribution is 2.31. The van der Waals surface area contributed by atoms with Gasteiger partial charge in [0.1, 0.15) is 10.9 Å². The number of hydrogen-bond acceptors (Lipinski definition) is 3. The number of hydrogen-bond donors (Lipinski definition) is 1. The third-order valence-corrected chi connectivity index (χ3v) is 5.45. The molecule has 0 aromatic heterocycles. The number of aliphatic carboxylic acids is 1. The zero-order chi connectivity index (χ0) is 15.7. The van der Waals surface area contributed by atoms with E-state index in [2.05, 4.69) is 0 Å². The average molecular weight is 344 g/mol. The van der Waals surface area contributed by atoms with Crippen LogP contribution in [0.3, 0.4) is 0 Å². The van der Waals surface area contributed by atoms with Gasteiger partial charge in [-0.3, -0.25) is 4.79 Å². The fraction of sp³-hybridized carbons (Fsp3) is 0.364. The normalized spacial score (nSPS) is 13.5. The predicted octanol–water partition coefficient (Wildman–Crippen LogP) is 2.62. The minimum Gasteiger partial charge on any atom is -0.480 e. The van der Waals surface area contributed by atoms with Gasteiger partial charge in [-0.2, -0.15) is 4.31 Å². The van der Waals surface area contributed by atoms with E-state index < -0.39 is 37.8 Å². The van der Waals surface area contributed by atoms with E-state index in [9.17, 15) is 17.6 Å². The molecule has 9 heteroatoms. The molecule has 1 N–H and O–H groups in total. The summed E-state index contributed by atoms with van der Waals surface area (Å²) in [5.41, 5.74) is 0. The van der Waals surface area contributed by atoms with Crippen molar-refractivity contribution in [3.8, 4) is 0 Å². The first-order chi connectivity index (χ1) is 9.14. The van der Waals surface area contributed by atoms with Crippen LogP contribution in [0.5, 0.6) is 0 Å². The van der Waals surface area contributed by atoms with Gasteiger partial charge in [0, 0.05) is 7.05 Å². The first kappa shape index (κ1) is 17.2. The Bertz CT molecular complexity index is 636. The Morgan fingerprint density at radius 1 is 1.45 bits per heavy atom. The highest BCUT2D eigenvalue weighted by molar-refractivity contribution is 7.89. The molecule has 0 aliphatic carbocycles. The molecular formula is C11H12Cl2FNO4S. The van der Waals surface area contributed by atoms with E-state index in [4.69, 9.17) is 28.3 Å². The zero-order valence-corrected chi connectivity index (χ0v) is 12.9. The molecule has 1 unspecified atom stereocenters. The molecule has 1 rings (SSSR count). The molecule has 112 valence electrons. The van der Waals surface area contributed by atoms with E-state index in [1.165, 1.54) is 6.92 Å². The van der Waals surface area contributed by atoms with Crippen molar-refractivity contribution in [2.24, 2.45) is 0 Å². The number of carbonyl (C=O) groups is 1. The number of halogens is 3. The number of carboxylic acid groups (broad SMARTS) is 1. The summed E-state index contributed by atoms with van der Waals surface area (Å²) in [6.45, 7) is 1.52.